The largest absolute Gasteiger partial charge is 0.466 e. The normalized spacial score (nSPS) is 16.4. The van der Waals surface area contributed by atoms with E-state index in [0.717, 1.165) is 21.1 Å². The molecule has 10 heteroatoms. The molecule has 160 valence electrons. The molecule has 4 heterocycles. The average Bonchev–Trinajstić information content (AvgIpc) is 3.50. The van der Waals surface area contributed by atoms with Gasteiger partial charge >= 0.3 is 11.9 Å². The highest BCUT2D eigenvalue weighted by atomic mass is 32.1. The number of rotatable bonds is 5. The lowest BCUT2D eigenvalue weighted by atomic mass is 9.88. The zero-order valence-electron chi connectivity index (χ0n) is 16.6. The molecule has 31 heavy (non-hydrogen) atoms. The van der Waals surface area contributed by atoms with Crippen LogP contribution in [0.4, 0.5) is 0 Å². The number of esters is 2. The summed E-state index contributed by atoms with van der Waals surface area (Å²) in [5, 5.41) is 3.75. The summed E-state index contributed by atoms with van der Waals surface area (Å²) in [5.74, 6) is -2.14. The predicted octanol–water partition coefficient (Wildman–Crippen LogP) is 1.67. The summed E-state index contributed by atoms with van der Waals surface area (Å²) in [4.78, 5) is 40.7. The van der Waals surface area contributed by atoms with Crippen LogP contribution in [-0.2, 0) is 19.1 Å². The summed E-state index contributed by atoms with van der Waals surface area (Å²) in [6.07, 6.45) is 1.75. The number of carbonyl (C=O) groups excluding carboxylic acids is 2. The SMILES string of the molecule is CCOC(=O)C1=C(N)n2c(s/c(=C\c3cccs3)c2=O)=C(C(=O)OC)C1c1cccs1. The maximum atomic E-state index is 13.2. The van der Waals surface area contributed by atoms with Crippen molar-refractivity contribution in [3.63, 3.8) is 0 Å². The molecule has 0 fully saturated rings. The second-order valence-corrected chi connectivity index (χ2v) is 9.43. The van der Waals surface area contributed by atoms with E-state index >= 15 is 0 Å². The smallest absolute Gasteiger partial charge is 0.338 e. The number of nitrogens with zero attached hydrogens (tertiary/aromatic N) is 1. The molecule has 2 N–H and O–H groups in total. The first-order chi connectivity index (χ1) is 15.0. The van der Waals surface area contributed by atoms with Gasteiger partial charge < -0.3 is 15.2 Å². The minimum atomic E-state index is -0.792. The fraction of sp³-hybridized carbons (Fsp3) is 0.190. The van der Waals surface area contributed by atoms with Crippen LogP contribution in [0.3, 0.4) is 0 Å². The van der Waals surface area contributed by atoms with Crippen molar-refractivity contribution >= 4 is 63.4 Å². The van der Waals surface area contributed by atoms with Crippen molar-refractivity contribution in [2.45, 2.75) is 12.8 Å². The summed E-state index contributed by atoms with van der Waals surface area (Å²) in [5.41, 5.74) is 6.23. The van der Waals surface area contributed by atoms with E-state index in [-0.39, 0.29) is 23.6 Å². The van der Waals surface area contributed by atoms with Gasteiger partial charge in [-0.15, -0.1) is 34.0 Å². The molecule has 7 nitrogen and oxygen atoms in total. The number of ether oxygens (including phenoxy) is 2. The molecule has 1 aliphatic heterocycles. The first kappa shape index (κ1) is 21.3. The van der Waals surface area contributed by atoms with Crippen LogP contribution >= 0.6 is 34.0 Å². The highest BCUT2D eigenvalue weighted by Crippen LogP contribution is 2.39. The first-order valence-electron chi connectivity index (χ1n) is 9.28. The minimum absolute atomic E-state index is 0.0356. The molecule has 4 rings (SSSR count). The second-order valence-electron chi connectivity index (χ2n) is 6.44. The van der Waals surface area contributed by atoms with Crippen molar-refractivity contribution in [3.8, 4) is 0 Å². The fourth-order valence-corrected chi connectivity index (χ4v) is 6.14. The summed E-state index contributed by atoms with van der Waals surface area (Å²) < 4.78 is 12.2. The lowest BCUT2D eigenvalue weighted by Crippen LogP contribution is -2.41. The summed E-state index contributed by atoms with van der Waals surface area (Å²) in [6.45, 7) is 1.81. The average molecular weight is 475 g/mol. The summed E-state index contributed by atoms with van der Waals surface area (Å²) in [7, 11) is 1.27. The van der Waals surface area contributed by atoms with E-state index < -0.39 is 23.4 Å². The topological polar surface area (TPSA) is 101 Å². The van der Waals surface area contributed by atoms with E-state index in [4.69, 9.17) is 15.2 Å². The molecule has 0 aliphatic carbocycles. The van der Waals surface area contributed by atoms with Gasteiger partial charge in [0.15, 0.2) is 0 Å². The molecule has 0 amide bonds. The zero-order chi connectivity index (χ0) is 22.1. The van der Waals surface area contributed by atoms with Crippen LogP contribution in [0.15, 0.2) is 45.4 Å². The zero-order valence-corrected chi connectivity index (χ0v) is 19.1. The lowest BCUT2D eigenvalue weighted by Gasteiger charge is -2.25. The molecule has 0 saturated carbocycles. The van der Waals surface area contributed by atoms with Crippen molar-refractivity contribution in [2.75, 3.05) is 13.7 Å². The summed E-state index contributed by atoms with van der Waals surface area (Å²) in [6, 6.07) is 7.40. The molecule has 0 bridgehead atoms. The Balaban J connectivity index is 2.12. The van der Waals surface area contributed by atoms with Crippen LogP contribution in [-0.4, -0.2) is 30.2 Å². The van der Waals surface area contributed by atoms with E-state index in [1.165, 1.54) is 34.4 Å². The molecule has 1 atom stereocenters. The van der Waals surface area contributed by atoms with E-state index in [1.807, 2.05) is 35.0 Å². The van der Waals surface area contributed by atoms with Gasteiger partial charge in [-0.1, -0.05) is 12.1 Å². The number of thiophene rings is 2. The van der Waals surface area contributed by atoms with Gasteiger partial charge in [0.1, 0.15) is 10.5 Å². The highest BCUT2D eigenvalue weighted by Gasteiger charge is 2.40. The highest BCUT2D eigenvalue weighted by molar-refractivity contribution is 7.11. The predicted molar refractivity (Wildman–Crippen MR) is 122 cm³/mol. The second kappa shape index (κ2) is 8.66. The first-order valence-corrected chi connectivity index (χ1v) is 11.9. The Kier molecular flexibility index (Phi) is 5.94. The third-order valence-corrected chi connectivity index (χ3v) is 7.56. The van der Waals surface area contributed by atoms with Crippen LogP contribution in [0, 0.1) is 0 Å². The van der Waals surface area contributed by atoms with Gasteiger partial charge in [-0.05, 0) is 35.9 Å². The number of fused-ring (bicyclic) bond motifs is 1. The van der Waals surface area contributed by atoms with Crippen LogP contribution < -0.4 is 20.5 Å². The van der Waals surface area contributed by atoms with E-state index in [1.54, 1.807) is 13.0 Å². The van der Waals surface area contributed by atoms with Gasteiger partial charge in [0.05, 0.1) is 35.3 Å². The molecule has 1 unspecified atom stereocenters. The molecular formula is C21H18N2O5S3. The van der Waals surface area contributed by atoms with Gasteiger partial charge in [0.25, 0.3) is 5.56 Å². The van der Waals surface area contributed by atoms with Crippen LogP contribution in [0.5, 0.6) is 0 Å². The third-order valence-electron chi connectivity index (χ3n) is 4.69. The van der Waals surface area contributed by atoms with Gasteiger partial charge in [-0.25, -0.2) is 9.59 Å². The monoisotopic (exact) mass is 474 g/mol. The molecule has 1 aliphatic rings. The van der Waals surface area contributed by atoms with E-state index in [2.05, 4.69) is 0 Å². The Hall–Kier alpha value is -2.95. The van der Waals surface area contributed by atoms with Crippen LogP contribution in [0.1, 0.15) is 22.6 Å². The number of hydrogen-bond donors (Lipinski definition) is 1. The van der Waals surface area contributed by atoms with Crippen molar-refractivity contribution in [3.05, 3.63) is 69.9 Å². The molecule has 3 aromatic rings. The number of thiazole rings is 1. The Morgan fingerprint density at radius 1 is 1.16 bits per heavy atom. The van der Waals surface area contributed by atoms with Crippen LogP contribution in [0.25, 0.3) is 17.5 Å². The third kappa shape index (κ3) is 3.67. The standard InChI is InChI=1S/C21H18N2O5S3/c1-3-28-21(26)15-14(12-7-5-9-30-12)16(20(25)27-2)19-23(17(15)22)18(24)13(31-19)10-11-6-4-8-29-11/h4-10,14H,3,22H2,1-2H3/b13-10-. The molecule has 0 radical (unpaired) electrons. The Bertz CT molecular complexity index is 1340. The minimum Gasteiger partial charge on any atom is -0.466 e. The lowest BCUT2D eigenvalue weighted by molar-refractivity contribution is -0.138. The maximum Gasteiger partial charge on any atom is 0.338 e. The fourth-order valence-electron chi connectivity index (χ4n) is 3.41. The van der Waals surface area contributed by atoms with Gasteiger partial charge in [-0.2, -0.15) is 0 Å². The Labute approximate surface area is 189 Å². The number of aromatic nitrogens is 1. The van der Waals surface area contributed by atoms with Crippen molar-refractivity contribution in [1.29, 1.82) is 0 Å². The van der Waals surface area contributed by atoms with E-state index in [0.29, 0.717) is 9.20 Å². The quantitative estimate of drug-likeness (QED) is 0.565. The van der Waals surface area contributed by atoms with Gasteiger partial charge in [0.2, 0.25) is 0 Å². The molecular weight excluding hydrogens is 456 g/mol. The molecule has 0 aromatic carbocycles. The number of carbonyl (C=O) groups is 2. The van der Waals surface area contributed by atoms with Gasteiger partial charge in [-0.3, -0.25) is 9.36 Å². The molecule has 3 aromatic heterocycles. The number of hydrogen-bond acceptors (Lipinski definition) is 9. The maximum absolute atomic E-state index is 13.2. The van der Waals surface area contributed by atoms with Crippen LogP contribution in [0.2, 0.25) is 0 Å². The number of methoxy groups -OCH3 is 1. The summed E-state index contributed by atoms with van der Waals surface area (Å²) >= 11 is 4.01. The molecule has 0 saturated heterocycles. The van der Waals surface area contributed by atoms with Crippen molar-refractivity contribution < 1.29 is 19.1 Å². The van der Waals surface area contributed by atoms with Crippen molar-refractivity contribution in [1.82, 2.24) is 4.57 Å². The number of nitrogens with two attached hydrogens (primary N) is 1. The van der Waals surface area contributed by atoms with Gasteiger partial charge in [0, 0.05) is 9.75 Å². The Morgan fingerprint density at radius 2 is 1.90 bits per heavy atom. The van der Waals surface area contributed by atoms with Crippen molar-refractivity contribution in [2.24, 2.45) is 5.73 Å². The Morgan fingerprint density at radius 3 is 2.52 bits per heavy atom. The molecule has 0 spiro atoms. The van der Waals surface area contributed by atoms with E-state index in [9.17, 15) is 14.4 Å².